The van der Waals surface area contributed by atoms with E-state index in [4.69, 9.17) is 4.74 Å². The van der Waals surface area contributed by atoms with Gasteiger partial charge in [-0.2, -0.15) is 0 Å². The maximum absolute atomic E-state index is 12.6. The molecule has 1 saturated heterocycles. The highest BCUT2D eigenvalue weighted by Gasteiger charge is 2.24. The number of likely N-dealkylation sites (tertiary alicyclic amines) is 1. The second kappa shape index (κ2) is 8.18. The van der Waals surface area contributed by atoms with Gasteiger partial charge in [0.05, 0.1) is 21.8 Å². The van der Waals surface area contributed by atoms with Crippen molar-refractivity contribution in [3.8, 4) is 0 Å². The molecule has 0 unspecified atom stereocenters. The number of thioether (sulfide) groups is 1. The van der Waals surface area contributed by atoms with Gasteiger partial charge in [-0.15, -0.1) is 0 Å². The van der Waals surface area contributed by atoms with Gasteiger partial charge in [0, 0.05) is 19.6 Å². The van der Waals surface area contributed by atoms with E-state index in [1.807, 2.05) is 49.4 Å². The first-order chi connectivity index (χ1) is 14.3. The highest BCUT2D eigenvalue weighted by molar-refractivity contribution is 8.04. The maximum atomic E-state index is 12.6. The summed E-state index contributed by atoms with van der Waals surface area (Å²) in [4.78, 5) is 31.6. The highest BCUT2D eigenvalue weighted by atomic mass is 32.2. The molecule has 0 aromatic carbocycles. The molecular formula is C22H26N4O3S. The molecular weight excluding hydrogens is 400 g/mol. The minimum atomic E-state index is -0.480. The summed E-state index contributed by atoms with van der Waals surface area (Å²) in [6, 6.07) is 5.89. The molecule has 0 bridgehead atoms. The topological polar surface area (TPSA) is 75.9 Å². The molecule has 1 fully saturated rings. The molecule has 2 amide bonds. The zero-order valence-corrected chi connectivity index (χ0v) is 18.3. The third-order valence-electron chi connectivity index (χ3n) is 4.95. The Balaban J connectivity index is 1.29. The second-order valence-electron chi connectivity index (χ2n) is 8.39. The molecule has 4 rings (SSSR count). The Bertz CT molecular complexity index is 1040. The summed E-state index contributed by atoms with van der Waals surface area (Å²) in [5.74, 6) is -0.0903. The van der Waals surface area contributed by atoms with Crippen LogP contribution in [0.3, 0.4) is 0 Å². The van der Waals surface area contributed by atoms with Gasteiger partial charge in [-0.3, -0.25) is 9.20 Å². The van der Waals surface area contributed by atoms with Crippen LogP contribution in [0.1, 0.15) is 39.3 Å². The van der Waals surface area contributed by atoms with Crippen LogP contribution in [0.15, 0.2) is 46.0 Å². The minimum absolute atomic E-state index is 0.0903. The molecule has 0 atom stereocenters. The van der Waals surface area contributed by atoms with Gasteiger partial charge in [0.25, 0.3) is 5.91 Å². The van der Waals surface area contributed by atoms with Crippen LogP contribution in [0.4, 0.5) is 4.79 Å². The molecule has 1 N–H and O–H groups in total. The Kier molecular flexibility index (Phi) is 5.60. The predicted molar refractivity (Wildman–Crippen MR) is 117 cm³/mol. The number of carbonyl (C=O) groups excluding carboxylic acids is 2. The largest absolute Gasteiger partial charge is 0.444 e. The summed E-state index contributed by atoms with van der Waals surface area (Å²) in [5, 5.41) is 3.97. The number of nitrogens with one attached hydrogen (secondary N) is 1. The first-order valence-corrected chi connectivity index (χ1v) is 10.9. The van der Waals surface area contributed by atoms with E-state index in [0.29, 0.717) is 24.5 Å². The van der Waals surface area contributed by atoms with Crippen molar-refractivity contribution in [3.05, 3.63) is 46.6 Å². The first-order valence-electron chi connectivity index (χ1n) is 10.1. The van der Waals surface area contributed by atoms with Crippen LogP contribution in [0.5, 0.6) is 0 Å². The Hall–Kier alpha value is -2.74. The number of aromatic nitrogens is 2. The van der Waals surface area contributed by atoms with Crippen molar-refractivity contribution in [2.45, 2.75) is 44.2 Å². The quantitative estimate of drug-likeness (QED) is 0.755. The van der Waals surface area contributed by atoms with E-state index in [2.05, 4.69) is 16.4 Å². The molecule has 2 aliphatic rings. The summed E-state index contributed by atoms with van der Waals surface area (Å²) < 4.78 is 7.47. The van der Waals surface area contributed by atoms with Gasteiger partial charge in [-0.25, -0.2) is 9.78 Å². The third kappa shape index (κ3) is 4.53. The van der Waals surface area contributed by atoms with Crippen molar-refractivity contribution >= 4 is 35.5 Å². The number of pyridine rings is 1. The normalized spacial score (nSPS) is 16.3. The van der Waals surface area contributed by atoms with Gasteiger partial charge in [0.1, 0.15) is 11.2 Å². The van der Waals surface area contributed by atoms with Crippen LogP contribution >= 0.6 is 11.8 Å². The Labute approximate surface area is 180 Å². The van der Waals surface area contributed by atoms with Crippen LogP contribution in [0.2, 0.25) is 0 Å². The summed E-state index contributed by atoms with van der Waals surface area (Å²) in [6.45, 7) is 7.38. The smallest absolute Gasteiger partial charge is 0.410 e. The van der Waals surface area contributed by atoms with Crippen molar-refractivity contribution in [1.29, 1.82) is 0 Å². The van der Waals surface area contributed by atoms with Gasteiger partial charge in [-0.1, -0.05) is 29.5 Å². The average molecular weight is 427 g/mol. The van der Waals surface area contributed by atoms with Crippen LogP contribution in [0.25, 0.3) is 11.7 Å². The molecule has 7 nitrogen and oxygen atoms in total. The minimum Gasteiger partial charge on any atom is -0.444 e. The molecule has 0 spiro atoms. The molecule has 2 aliphatic heterocycles. The molecule has 0 saturated carbocycles. The number of carbonyl (C=O) groups is 2. The molecule has 8 heteroatoms. The SMILES string of the molecule is CC(C)(C)OC(=O)N1CCC(=CCNC(=O)C2=Cc3cnc4cccc(n34)S2)CC1. The number of amides is 2. The number of imidazole rings is 1. The zero-order chi connectivity index (χ0) is 21.3. The number of rotatable bonds is 3. The number of piperidine rings is 1. The molecule has 2 aromatic rings. The number of ether oxygens (including phenoxy) is 1. The van der Waals surface area contributed by atoms with E-state index in [-0.39, 0.29) is 12.0 Å². The lowest BCUT2D eigenvalue weighted by atomic mass is 10.0. The summed E-state index contributed by atoms with van der Waals surface area (Å²) in [7, 11) is 0. The number of hydrogen-bond acceptors (Lipinski definition) is 5. The molecule has 0 aliphatic carbocycles. The van der Waals surface area contributed by atoms with Crippen molar-refractivity contribution in [3.63, 3.8) is 0 Å². The fourth-order valence-corrected chi connectivity index (χ4v) is 4.49. The zero-order valence-electron chi connectivity index (χ0n) is 17.5. The molecule has 4 heterocycles. The van der Waals surface area contributed by atoms with E-state index >= 15 is 0 Å². The standard InChI is InChI=1S/C22H26N4O3S/c1-22(2,3)29-21(28)25-11-8-15(9-12-25)7-10-23-20(27)17-13-16-14-24-18-5-4-6-19(30-17)26(16)18/h4-7,13-14H,8-12H2,1-3H3,(H,23,27). The summed E-state index contributed by atoms with van der Waals surface area (Å²) >= 11 is 1.45. The van der Waals surface area contributed by atoms with E-state index < -0.39 is 5.60 Å². The Morgan fingerprint density at radius 1 is 1.27 bits per heavy atom. The average Bonchev–Trinajstić information content (AvgIpc) is 3.12. The van der Waals surface area contributed by atoms with Crippen molar-refractivity contribution in [2.75, 3.05) is 19.6 Å². The first kappa shape index (κ1) is 20.5. The van der Waals surface area contributed by atoms with Gasteiger partial charge in [0.15, 0.2) is 0 Å². The van der Waals surface area contributed by atoms with Crippen molar-refractivity contribution in [1.82, 2.24) is 19.6 Å². The summed E-state index contributed by atoms with van der Waals surface area (Å²) in [5.41, 5.74) is 2.57. The van der Waals surface area contributed by atoms with Crippen LogP contribution in [-0.2, 0) is 9.53 Å². The maximum Gasteiger partial charge on any atom is 0.410 e. The Morgan fingerprint density at radius 3 is 2.77 bits per heavy atom. The number of nitrogens with zero attached hydrogens (tertiary/aromatic N) is 3. The lowest BCUT2D eigenvalue weighted by molar-refractivity contribution is -0.116. The predicted octanol–water partition coefficient (Wildman–Crippen LogP) is 3.85. The van der Waals surface area contributed by atoms with E-state index in [0.717, 1.165) is 29.2 Å². The lowest BCUT2D eigenvalue weighted by Gasteiger charge is -2.31. The molecule has 158 valence electrons. The fraction of sp³-hybridized carbons (Fsp3) is 0.409. The van der Waals surface area contributed by atoms with Crippen LogP contribution in [0, 0.1) is 0 Å². The van der Waals surface area contributed by atoms with Crippen molar-refractivity contribution < 1.29 is 14.3 Å². The molecule has 2 aromatic heterocycles. The van der Waals surface area contributed by atoms with Crippen LogP contribution < -0.4 is 5.32 Å². The van der Waals surface area contributed by atoms with Gasteiger partial charge in [-0.05, 0) is 51.8 Å². The van der Waals surface area contributed by atoms with E-state index in [1.165, 1.54) is 17.3 Å². The third-order valence-corrected chi connectivity index (χ3v) is 6.00. The monoisotopic (exact) mass is 426 g/mol. The van der Waals surface area contributed by atoms with Gasteiger partial charge >= 0.3 is 6.09 Å². The van der Waals surface area contributed by atoms with Crippen molar-refractivity contribution in [2.24, 2.45) is 0 Å². The van der Waals surface area contributed by atoms with Crippen LogP contribution in [-0.4, -0.2) is 51.5 Å². The summed E-state index contributed by atoms with van der Waals surface area (Å²) in [6.07, 6.45) is 7.06. The van der Waals surface area contributed by atoms with E-state index in [9.17, 15) is 9.59 Å². The molecule has 0 radical (unpaired) electrons. The second-order valence-corrected chi connectivity index (χ2v) is 9.45. The highest BCUT2D eigenvalue weighted by Crippen LogP contribution is 2.34. The fourth-order valence-electron chi connectivity index (χ4n) is 3.48. The van der Waals surface area contributed by atoms with E-state index in [1.54, 1.807) is 11.1 Å². The number of hydrogen-bond donors (Lipinski definition) is 1. The van der Waals surface area contributed by atoms with Gasteiger partial charge < -0.3 is 15.0 Å². The van der Waals surface area contributed by atoms with Gasteiger partial charge in [0.2, 0.25) is 0 Å². The molecule has 30 heavy (non-hydrogen) atoms. The Morgan fingerprint density at radius 2 is 2.03 bits per heavy atom. The lowest BCUT2D eigenvalue weighted by Crippen LogP contribution is -2.40.